The zero-order chi connectivity index (χ0) is 17.8. The van der Waals surface area contributed by atoms with Gasteiger partial charge in [-0.05, 0) is 37.1 Å². The largest absolute Gasteiger partial charge is 0.366 e. The first-order chi connectivity index (χ1) is 12.1. The van der Waals surface area contributed by atoms with Gasteiger partial charge in [0.2, 0.25) is 0 Å². The van der Waals surface area contributed by atoms with Crippen LogP contribution in [-0.4, -0.2) is 22.3 Å². The number of anilines is 1. The third kappa shape index (κ3) is 4.08. The topological polar surface area (TPSA) is 61.6 Å². The zero-order valence-electron chi connectivity index (χ0n) is 14.4. The maximum absolute atomic E-state index is 9.77. The molecule has 0 bridgehead atoms. The van der Waals surface area contributed by atoms with E-state index in [2.05, 4.69) is 28.3 Å². The van der Waals surface area contributed by atoms with Crippen LogP contribution in [0.25, 0.3) is 11.3 Å². The summed E-state index contributed by atoms with van der Waals surface area (Å²) in [7, 11) is 0. The lowest BCUT2D eigenvalue weighted by molar-refractivity contribution is 0.349. The number of benzene rings is 1. The lowest BCUT2D eigenvalue weighted by Gasteiger charge is -2.30. The van der Waals surface area contributed by atoms with Gasteiger partial charge in [-0.3, -0.25) is 0 Å². The fourth-order valence-corrected chi connectivity index (χ4v) is 3.76. The molecule has 0 aliphatic heterocycles. The molecule has 1 heterocycles. The molecule has 0 saturated heterocycles. The van der Waals surface area contributed by atoms with Crippen molar-refractivity contribution in [2.75, 3.05) is 11.6 Å². The Hall–Kier alpha value is -1.77. The summed E-state index contributed by atoms with van der Waals surface area (Å²) in [6.45, 7) is 2.26. The van der Waals surface area contributed by atoms with Gasteiger partial charge in [-0.15, -0.1) is 0 Å². The quantitative estimate of drug-likeness (QED) is 0.576. The summed E-state index contributed by atoms with van der Waals surface area (Å²) < 4.78 is 0. The predicted octanol–water partition coefficient (Wildman–Crippen LogP) is 5.38. The van der Waals surface area contributed by atoms with Crippen molar-refractivity contribution < 1.29 is 0 Å². The maximum Gasteiger partial charge on any atom is 0.189 e. The fraction of sp³-hybridized carbons (Fsp3) is 0.421. The summed E-state index contributed by atoms with van der Waals surface area (Å²) in [4.78, 5) is 9.17. The predicted molar refractivity (Wildman–Crippen MR) is 104 cm³/mol. The van der Waals surface area contributed by atoms with Crippen LogP contribution >= 0.6 is 23.4 Å². The van der Waals surface area contributed by atoms with Gasteiger partial charge >= 0.3 is 0 Å². The van der Waals surface area contributed by atoms with E-state index in [1.807, 2.05) is 30.5 Å². The summed E-state index contributed by atoms with van der Waals surface area (Å²) in [6, 6.07) is 10.1. The molecule has 1 aromatic heterocycles. The molecule has 6 heteroatoms. The molecule has 2 aromatic rings. The number of thioether (sulfide) groups is 1. The Bertz CT molecular complexity index is 785. The Labute approximate surface area is 158 Å². The molecule has 0 spiro atoms. The van der Waals surface area contributed by atoms with Crippen molar-refractivity contribution in [2.24, 2.45) is 5.92 Å². The molecule has 0 amide bonds. The van der Waals surface area contributed by atoms with E-state index >= 15 is 0 Å². The molecule has 1 aromatic carbocycles. The summed E-state index contributed by atoms with van der Waals surface area (Å²) in [5, 5.41) is 14.6. The second-order valence-electron chi connectivity index (χ2n) is 6.41. The standard InChI is InChI=1S/C19H21ClN4S/c1-12-5-3-4-6-16(12)22-18-15(11-21)17(23-19(24-18)25-2)13-7-9-14(20)10-8-13/h7-10,12,16H,3-6H2,1-2H3,(H,22,23,24)/t12-,16-/m1/s1. The third-order valence-corrected chi connectivity index (χ3v) is 5.53. The average molecular weight is 373 g/mol. The van der Waals surface area contributed by atoms with Crippen molar-refractivity contribution in [1.29, 1.82) is 5.26 Å². The number of aromatic nitrogens is 2. The molecule has 1 saturated carbocycles. The first-order valence-corrected chi connectivity index (χ1v) is 10.1. The van der Waals surface area contributed by atoms with Crippen LogP contribution in [0, 0.1) is 17.2 Å². The molecular formula is C19H21ClN4S. The molecule has 0 radical (unpaired) electrons. The molecule has 2 atom stereocenters. The highest BCUT2D eigenvalue weighted by molar-refractivity contribution is 7.98. The highest BCUT2D eigenvalue weighted by Crippen LogP contribution is 2.32. The van der Waals surface area contributed by atoms with E-state index in [-0.39, 0.29) is 0 Å². The van der Waals surface area contributed by atoms with Crippen LogP contribution in [0.2, 0.25) is 5.02 Å². The van der Waals surface area contributed by atoms with Gasteiger partial charge in [-0.2, -0.15) is 5.26 Å². The van der Waals surface area contributed by atoms with Crippen LogP contribution in [0.1, 0.15) is 38.2 Å². The Morgan fingerprint density at radius 2 is 1.92 bits per heavy atom. The molecule has 3 rings (SSSR count). The smallest absolute Gasteiger partial charge is 0.189 e. The second-order valence-corrected chi connectivity index (χ2v) is 7.62. The first-order valence-electron chi connectivity index (χ1n) is 8.51. The number of rotatable bonds is 4. The molecule has 130 valence electrons. The van der Waals surface area contributed by atoms with E-state index in [0.717, 1.165) is 12.0 Å². The minimum absolute atomic E-state index is 0.350. The monoisotopic (exact) mass is 372 g/mol. The van der Waals surface area contributed by atoms with E-state index in [1.54, 1.807) is 0 Å². The first kappa shape index (κ1) is 18.0. The van der Waals surface area contributed by atoms with Gasteiger partial charge in [-0.25, -0.2) is 9.97 Å². The minimum atomic E-state index is 0.350. The van der Waals surface area contributed by atoms with Gasteiger partial charge < -0.3 is 5.32 Å². The van der Waals surface area contributed by atoms with Gasteiger partial charge in [-0.1, -0.05) is 55.3 Å². The minimum Gasteiger partial charge on any atom is -0.366 e. The lowest BCUT2D eigenvalue weighted by Crippen LogP contribution is -2.31. The number of nitrogens with one attached hydrogen (secondary N) is 1. The van der Waals surface area contributed by atoms with Gasteiger partial charge in [0.1, 0.15) is 17.5 Å². The van der Waals surface area contributed by atoms with Crippen LogP contribution in [0.5, 0.6) is 0 Å². The van der Waals surface area contributed by atoms with Crippen LogP contribution in [0.3, 0.4) is 0 Å². The summed E-state index contributed by atoms with van der Waals surface area (Å²) in [5.74, 6) is 1.22. The van der Waals surface area contributed by atoms with Crippen LogP contribution < -0.4 is 5.32 Å². The summed E-state index contributed by atoms with van der Waals surface area (Å²) in [5.41, 5.74) is 2.03. The molecule has 1 aliphatic carbocycles. The summed E-state index contributed by atoms with van der Waals surface area (Å²) >= 11 is 7.47. The van der Waals surface area contributed by atoms with Crippen molar-refractivity contribution >= 4 is 29.2 Å². The number of hydrogen-bond acceptors (Lipinski definition) is 5. The molecule has 1 aliphatic rings. The Balaban J connectivity index is 2.04. The SMILES string of the molecule is CSc1nc(N[C@@H]2CCCC[C@H]2C)c(C#N)c(-c2ccc(Cl)cc2)n1. The molecule has 1 N–H and O–H groups in total. The number of nitriles is 1. The van der Waals surface area contributed by atoms with Crippen LogP contribution in [0.4, 0.5) is 5.82 Å². The molecule has 25 heavy (non-hydrogen) atoms. The van der Waals surface area contributed by atoms with E-state index in [9.17, 15) is 5.26 Å². The summed E-state index contributed by atoms with van der Waals surface area (Å²) in [6.07, 6.45) is 6.76. The maximum atomic E-state index is 9.77. The van der Waals surface area contributed by atoms with E-state index in [0.29, 0.717) is 39.2 Å². The van der Waals surface area contributed by atoms with Crippen LogP contribution in [0.15, 0.2) is 29.4 Å². The third-order valence-electron chi connectivity index (χ3n) is 4.73. The Kier molecular flexibility index (Phi) is 5.82. The van der Waals surface area contributed by atoms with E-state index in [1.165, 1.54) is 31.0 Å². The second kappa shape index (κ2) is 8.07. The highest BCUT2D eigenvalue weighted by Gasteiger charge is 2.24. The molecular weight excluding hydrogens is 352 g/mol. The van der Waals surface area contributed by atoms with Gasteiger partial charge in [0.05, 0.1) is 5.69 Å². The van der Waals surface area contributed by atoms with Crippen molar-refractivity contribution in [2.45, 2.75) is 43.8 Å². The van der Waals surface area contributed by atoms with E-state index < -0.39 is 0 Å². The molecule has 0 unspecified atom stereocenters. The average Bonchev–Trinajstić information content (AvgIpc) is 2.63. The Morgan fingerprint density at radius 1 is 1.20 bits per heavy atom. The number of halogens is 1. The fourth-order valence-electron chi connectivity index (χ4n) is 3.26. The van der Waals surface area contributed by atoms with Crippen molar-refractivity contribution in [1.82, 2.24) is 9.97 Å². The van der Waals surface area contributed by atoms with Crippen molar-refractivity contribution in [3.8, 4) is 17.3 Å². The highest BCUT2D eigenvalue weighted by atomic mass is 35.5. The van der Waals surface area contributed by atoms with Gasteiger partial charge in [0, 0.05) is 16.6 Å². The van der Waals surface area contributed by atoms with E-state index in [4.69, 9.17) is 11.6 Å². The van der Waals surface area contributed by atoms with Crippen molar-refractivity contribution in [3.63, 3.8) is 0 Å². The van der Waals surface area contributed by atoms with Crippen molar-refractivity contribution in [3.05, 3.63) is 34.9 Å². The number of hydrogen-bond donors (Lipinski definition) is 1. The number of nitrogens with zero attached hydrogens (tertiary/aromatic N) is 3. The Morgan fingerprint density at radius 3 is 2.56 bits per heavy atom. The molecule has 1 fully saturated rings. The lowest BCUT2D eigenvalue weighted by atomic mass is 9.86. The normalized spacial score (nSPS) is 20.1. The van der Waals surface area contributed by atoms with Gasteiger partial charge in [0.25, 0.3) is 0 Å². The zero-order valence-corrected chi connectivity index (χ0v) is 16.0. The van der Waals surface area contributed by atoms with Crippen LogP contribution in [-0.2, 0) is 0 Å². The molecule has 4 nitrogen and oxygen atoms in total. The van der Waals surface area contributed by atoms with Gasteiger partial charge in [0.15, 0.2) is 5.16 Å².